The fraction of sp³-hybridized carbons (Fsp3) is 0.611. The van der Waals surface area contributed by atoms with Crippen LogP contribution >= 0.6 is 0 Å². The summed E-state index contributed by atoms with van der Waals surface area (Å²) in [5, 5.41) is 3.12. The van der Waals surface area contributed by atoms with Gasteiger partial charge in [-0.15, -0.1) is 0 Å². The van der Waals surface area contributed by atoms with Crippen molar-refractivity contribution in [3.05, 3.63) is 29.8 Å². The monoisotopic (exact) mass is 363 g/mol. The molecule has 2 saturated heterocycles. The highest BCUT2D eigenvalue weighted by Gasteiger charge is 2.32. The van der Waals surface area contributed by atoms with E-state index in [-0.39, 0.29) is 17.7 Å². The number of rotatable bonds is 4. The number of carbonyl (C=O) groups is 1. The quantitative estimate of drug-likeness (QED) is 0.882. The van der Waals surface area contributed by atoms with Gasteiger partial charge in [0.05, 0.1) is 11.4 Å². The summed E-state index contributed by atoms with van der Waals surface area (Å²) >= 11 is 0. The van der Waals surface area contributed by atoms with Gasteiger partial charge in [-0.2, -0.15) is 0 Å². The molecule has 2 heterocycles. The molecule has 0 aromatic heterocycles. The lowest BCUT2D eigenvalue weighted by Crippen LogP contribution is -2.45. The first-order valence-electron chi connectivity index (χ1n) is 9.18. The third-order valence-electron chi connectivity index (χ3n) is 5.44. The van der Waals surface area contributed by atoms with Crippen LogP contribution in [0, 0.1) is 0 Å². The van der Waals surface area contributed by atoms with Gasteiger partial charge in [-0.1, -0.05) is 0 Å². The summed E-state index contributed by atoms with van der Waals surface area (Å²) < 4.78 is 25.4. The van der Waals surface area contributed by atoms with Gasteiger partial charge < -0.3 is 10.2 Å². The Bertz CT molecular complexity index is 735. The summed E-state index contributed by atoms with van der Waals surface area (Å²) in [6.07, 6.45) is 5.33. The van der Waals surface area contributed by atoms with Gasteiger partial charge in [-0.05, 0) is 56.4 Å². The molecule has 6 nitrogen and oxygen atoms in total. The minimum absolute atomic E-state index is 0.0688. The maximum atomic E-state index is 12.4. The zero-order valence-electron chi connectivity index (χ0n) is 14.4. The van der Waals surface area contributed by atoms with Gasteiger partial charge in [-0.25, -0.2) is 8.42 Å². The molecule has 1 N–H and O–H groups in total. The van der Waals surface area contributed by atoms with E-state index in [9.17, 15) is 13.2 Å². The van der Waals surface area contributed by atoms with Crippen molar-refractivity contribution in [2.45, 2.75) is 44.2 Å². The van der Waals surface area contributed by atoms with E-state index >= 15 is 0 Å². The molecule has 0 unspecified atom stereocenters. The highest BCUT2D eigenvalue weighted by atomic mass is 32.2. The van der Waals surface area contributed by atoms with Crippen molar-refractivity contribution in [1.29, 1.82) is 0 Å². The highest BCUT2D eigenvalue weighted by molar-refractivity contribution is 7.93. The summed E-state index contributed by atoms with van der Waals surface area (Å²) in [6, 6.07) is 7.93. The van der Waals surface area contributed by atoms with Crippen molar-refractivity contribution in [3.63, 3.8) is 0 Å². The smallest absolute Gasteiger partial charge is 0.251 e. The van der Waals surface area contributed by atoms with Crippen LogP contribution in [-0.2, 0) is 10.0 Å². The summed E-state index contributed by atoms with van der Waals surface area (Å²) in [6.45, 7) is 2.66. The van der Waals surface area contributed by atoms with Crippen LogP contribution in [0.2, 0.25) is 0 Å². The number of nitrogens with one attached hydrogen (secondary N) is 1. The SMILES string of the molecule is O=C(NC1CCN(C2CC2)CC1)c1ccc(N2CCCS2(=O)=O)cc1. The van der Waals surface area contributed by atoms with E-state index in [1.807, 2.05) is 0 Å². The number of hydrogen-bond donors (Lipinski definition) is 1. The number of carbonyl (C=O) groups excluding carboxylic acids is 1. The first-order chi connectivity index (χ1) is 12.0. The van der Waals surface area contributed by atoms with Crippen LogP contribution in [0.1, 0.15) is 42.5 Å². The molecule has 25 heavy (non-hydrogen) atoms. The molecule has 4 rings (SSSR count). The Labute approximate surface area is 149 Å². The molecule has 0 atom stereocenters. The summed E-state index contributed by atoms with van der Waals surface area (Å²) in [5.41, 5.74) is 1.23. The molecule has 3 aliphatic rings. The second-order valence-corrected chi connectivity index (χ2v) is 9.32. The van der Waals surface area contributed by atoms with Crippen molar-refractivity contribution in [2.24, 2.45) is 0 Å². The zero-order valence-corrected chi connectivity index (χ0v) is 15.2. The standard InChI is InChI=1S/C18H25N3O3S/c22-18(19-15-8-11-20(12-9-15)16-6-7-16)14-2-4-17(5-3-14)21-10-1-13-25(21,23)24/h2-5,15-16H,1,6-13H2,(H,19,22). The summed E-state index contributed by atoms with van der Waals surface area (Å²) in [4.78, 5) is 15.0. The fourth-order valence-electron chi connectivity index (χ4n) is 3.83. The van der Waals surface area contributed by atoms with Gasteiger partial charge in [0, 0.05) is 37.3 Å². The number of benzene rings is 1. The molecule has 0 radical (unpaired) electrons. The molecule has 0 bridgehead atoms. The average molecular weight is 363 g/mol. The van der Waals surface area contributed by atoms with Gasteiger partial charge in [-0.3, -0.25) is 9.10 Å². The molecular weight excluding hydrogens is 338 g/mol. The molecule has 7 heteroatoms. The number of hydrogen-bond acceptors (Lipinski definition) is 4. The lowest BCUT2D eigenvalue weighted by Gasteiger charge is -2.32. The molecule has 2 aliphatic heterocycles. The largest absolute Gasteiger partial charge is 0.349 e. The lowest BCUT2D eigenvalue weighted by molar-refractivity contribution is 0.0909. The second-order valence-electron chi connectivity index (χ2n) is 7.30. The van der Waals surface area contributed by atoms with Gasteiger partial charge in [0.1, 0.15) is 0 Å². The third kappa shape index (κ3) is 3.67. The van der Waals surface area contributed by atoms with E-state index in [0.717, 1.165) is 32.0 Å². The highest BCUT2D eigenvalue weighted by Crippen LogP contribution is 2.29. The number of amides is 1. The average Bonchev–Trinajstić information content (AvgIpc) is 3.39. The normalized spacial score (nSPS) is 24.4. The minimum Gasteiger partial charge on any atom is -0.349 e. The Kier molecular flexibility index (Phi) is 4.45. The lowest BCUT2D eigenvalue weighted by atomic mass is 10.0. The first-order valence-corrected chi connectivity index (χ1v) is 10.8. The topological polar surface area (TPSA) is 69.7 Å². The molecule has 0 spiro atoms. The number of piperidine rings is 1. The van der Waals surface area contributed by atoms with Crippen LogP contribution < -0.4 is 9.62 Å². The van der Waals surface area contributed by atoms with Gasteiger partial charge in [0.15, 0.2) is 0 Å². The van der Waals surface area contributed by atoms with E-state index in [0.29, 0.717) is 24.2 Å². The van der Waals surface area contributed by atoms with Crippen LogP contribution in [-0.4, -0.2) is 56.7 Å². The molecule has 1 aromatic rings. The molecule has 1 amide bonds. The number of sulfonamides is 1. The van der Waals surface area contributed by atoms with Gasteiger partial charge in [0.2, 0.25) is 10.0 Å². The molecule has 3 fully saturated rings. The Balaban J connectivity index is 1.34. The van der Waals surface area contributed by atoms with E-state index < -0.39 is 10.0 Å². The number of likely N-dealkylation sites (tertiary alicyclic amines) is 1. The minimum atomic E-state index is -3.18. The van der Waals surface area contributed by atoms with E-state index in [4.69, 9.17) is 0 Å². The van der Waals surface area contributed by atoms with Crippen LogP contribution in [0.5, 0.6) is 0 Å². The van der Waals surface area contributed by atoms with E-state index in [1.54, 1.807) is 24.3 Å². The maximum absolute atomic E-state index is 12.4. The Morgan fingerprint density at radius 2 is 1.68 bits per heavy atom. The van der Waals surface area contributed by atoms with E-state index in [1.165, 1.54) is 17.1 Å². The summed E-state index contributed by atoms with van der Waals surface area (Å²) in [7, 11) is -3.18. The van der Waals surface area contributed by atoms with Crippen LogP contribution in [0.4, 0.5) is 5.69 Å². The van der Waals surface area contributed by atoms with Crippen molar-refractivity contribution >= 4 is 21.6 Å². The molecule has 1 aromatic carbocycles. The summed E-state index contributed by atoms with van der Waals surface area (Å²) in [5.74, 6) is 0.134. The first kappa shape index (κ1) is 16.8. The predicted molar refractivity (Wildman–Crippen MR) is 97.3 cm³/mol. The number of nitrogens with zero attached hydrogens (tertiary/aromatic N) is 2. The molecule has 1 saturated carbocycles. The van der Waals surface area contributed by atoms with Crippen LogP contribution in [0.15, 0.2) is 24.3 Å². The molecular formula is C18H25N3O3S. The Morgan fingerprint density at radius 1 is 1.00 bits per heavy atom. The van der Waals surface area contributed by atoms with E-state index in [2.05, 4.69) is 10.2 Å². The molecule has 136 valence electrons. The zero-order chi connectivity index (χ0) is 17.4. The van der Waals surface area contributed by atoms with Crippen molar-refractivity contribution < 1.29 is 13.2 Å². The van der Waals surface area contributed by atoms with Crippen molar-refractivity contribution in [1.82, 2.24) is 10.2 Å². The van der Waals surface area contributed by atoms with Gasteiger partial charge >= 0.3 is 0 Å². The maximum Gasteiger partial charge on any atom is 0.251 e. The second kappa shape index (κ2) is 6.61. The van der Waals surface area contributed by atoms with Crippen LogP contribution in [0.3, 0.4) is 0 Å². The van der Waals surface area contributed by atoms with Crippen LogP contribution in [0.25, 0.3) is 0 Å². The van der Waals surface area contributed by atoms with Crippen molar-refractivity contribution in [3.8, 4) is 0 Å². The predicted octanol–water partition coefficient (Wildman–Crippen LogP) is 1.58. The Hall–Kier alpha value is -1.60. The van der Waals surface area contributed by atoms with Crippen molar-refractivity contribution in [2.75, 3.05) is 29.7 Å². The fourth-order valence-corrected chi connectivity index (χ4v) is 5.39. The van der Waals surface area contributed by atoms with Gasteiger partial charge in [0.25, 0.3) is 5.91 Å². The number of anilines is 1. The molecule has 1 aliphatic carbocycles. The Morgan fingerprint density at radius 3 is 2.24 bits per heavy atom. The third-order valence-corrected chi connectivity index (χ3v) is 7.31.